The summed E-state index contributed by atoms with van der Waals surface area (Å²) in [5.41, 5.74) is 10.8. The Balaban J connectivity index is 1.59. The number of nitrogens with two attached hydrogens (primary N) is 1. The summed E-state index contributed by atoms with van der Waals surface area (Å²) in [5, 5.41) is 13.4. The Hall–Kier alpha value is -2.98. The van der Waals surface area contributed by atoms with Gasteiger partial charge in [0.15, 0.2) is 5.65 Å². The standard InChI is InChI=1S/C22H18BrN6O2/c23-15-3-1-2-13(8-15)16-9-18(28-22-20(16)21(24)26-12-27-22)14-4-5-17(25-10-14)19-11-29(30)6-7-31-19/h1-5,8-10,12,19H,6-7,11H2,(H2,24,26,27,28)/q-1. The Labute approximate surface area is 186 Å². The number of benzene rings is 1. The number of hydroxylamine groups is 2. The van der Waals surface area contributed by atoms with Crippen molar-refractivity contribution in [2.45, 2.75) is 6.10 Å². The quantitative estimate of drug-likeness (QED) is 0.471. The van der Waals surface area contributed by atoms with Gasteiger partial charge in [0.25, 0.3) is 0 Å². The highest BCUT2D eigenvalue weighted by Crippen LogP contribution is 2.34. The molecule has 8 nitrogen and oxygen atoms in total. The van der Waals surface area contributed by atoms with Crippen LogP contribution < -0.4 is 5.73 Å². The van der Waals surface area contributed by atoms with Crippen LogP contribution in [0.15, 0.2) is 59.5 Å². The number of pyridine rings is 2. The minimum absolute atomic E-state index is 0.282. The zero-order valence-corrected chi connectivity index (χ0v) is 18.0. The molecule has 1 atom stereocenters. The molecule has 0 spiro atoms. The first-order valence-corrected chi connectivity index (χ1v) is 10.5. The number of fused-ring (bicyclic) bond motifs is 1. The summed E-state index contributed by atoms with van der Waals surface area (Å²) in [7, 11) is 0. The van der Waals surface area contributed by atoms with Crippen molar-refractivity contribution in [2.75, 3.05) is 25.4 Å². The molecule has 5 rings (SSSR count). The fourth-order valence-corrected chi connectivity index (χ4v) is 4.07. The molecule has 156 valence electrons. The topological polar surface area (TPSA) is 113 Å². The van der Waals surface area contributed by atoms with E-state index in [2.05, 4.69) is 30.9 Å². The number of rotatable bonds is 3. The second-order valence-corrected chi connectivity index (χ2v) is 8.16. The molecule has 0 saturated carbocycles. The third kappa shape index (κ3) is 4.00. The highest BCUT2D eigenvalue weighted by molar-refractivity contribution is 9.10. The molecule has 0 radical (unpaired) electrons. The first-order chi connectivity index (χ1) is 15.1. The maximum atomic E-state index is 11.7. The van der Waals surface area contributed by atoms with Gasteiger partial charge in [0.05, 0.1) is 23.4 Å². The van der Waals surface area contributed by atoms with Crippen LogP contribution in [0.4, 0.5) is 5.82 Å². The monoisotopic (exact) mass is 477 g/mol. The fraction of sp³-hybridized carbons (Fsp3) is 0.182. The summed E-state index contributed by atoms with van der Waals surface area (Å²) in [6, 6.07) is 13.7. The Morgan fingerprint density at radius 3 is 2.77 bits per heavy atom. The lowest BCUT2D eigenvalue weighted by Crippen LogP contribution is -2.34. The van der Waals surface area contributed by atoms with Gasteiger partial charge in [-0.2, -0.15) is 0 Å². The maximum Gasteiger partial charge on any atom is 0.165 e. The van der Waals surface area contributed by atoms with Crippen LogP contribution in [-0.2, 0) is 4.74 Å². The Morgan fingerprint density at radius 1 is 1.10 bits per heavy atom. The molecule has 1 aromatic carbocycles. The number of halogens is 1. The summed E-state index contributed by atoms with van der Waals surface area (Å²) in [5.74, 6) is 0.379. The molecule has 0 amide bonds. The number of aromatic nitrogens is 4. The van der Waals surface area contributed by atoms with Crippen molar-refractivity contribution >= 4 is 32.8 Å². The van der Waals surface area contributed by atoms with Crippen LogP contribution in [0.1, 0.15) is 11.8 Å². The summed E-state index contributed by atoms with van der Waals surface area (Å²) in [4.78, 5) is 17.7. The van der Waals surface area contributed by atoms with E-state index in [1.54, 1.807) is 6.20 Å². The number of anilines is 1. The SMILES string of the molecule is Nc1ncnc2nc(-c3ccc(C4CN([O-])CCO4)nc3)cc(-c3cccc(Br)c3)c12. The van der Waals surface area contributed by atoms with Crippen molar-refractivity contribution in [3.8, 4) is 22.4 Å². The molecule has 4 heterocycles. The molecule has 3 aromatic heterocycles. The van der Waals surface area contributed by atoms with Gasteiger partial charge in [-0.1, -0.05) is 28.1 Å². The van der Waals surface area contributed by atoms with E-state index in [9.17, 15) is 5.21 Å². The minimum Gasteiger partial charge on any atom is -0.785 e. The molecular formula is C22H18BrN6O2-. The maximum absolute atomic E-state index is 11.7. The van der Waals surface area contributed by atoms with Crippen molar-refractivity contribution < 1.29 is 4.74 Å². The molecule has 0 aliphatic carbocycles. The molecule has 1 unspecified atom stereocenters. The first kappa shape index (κ1) is 20.0. The van der Waals surface area contributed by atoms with Gasteiger partial charge in [0, 0.05) is 29.3 Å². The zero-order chi connectivity index (χ0) is 21.4. The molecule has 4 aromatic rings. The van der Waals surface area contributed by atoms with Gasteiger partial charge in [0.1, 0.15) is 18.2 Å². The third-order valence-electron chi connectivity index (χ3n) is 5.21. The van der Waals surface area contributed by atoms with Crippen LogP contribution in [0.3, 0.4) is 0 Å². The molecule has 0 bridgehead atoms. The predicted octanol–water partition coefficient (Wildman–Crippen LogP) is 3.97. The first-order valence-electron chi connectivity index (χ1n) is 9.75. The summed E-state index contributed by atoms with van der Waals surface area (Å²) >= 11 is 3.53. The smallest absolute Gasteiger partial charge is 0.165 e. The van der Waals surface area contributed by atoms with E-state index >= 15 is 0 Å². The van der Waals surface area contributed by atoms with E-state index in [-0.39, 0.29) is 12.6 Å². The molecule has 1 saturated heterocycles. The van der Waals surface area contributed by atoms with E-state index in [4.69, 9.17) is 15.5 Å². The van der Waals surface area contributed by atoms with Gasteiger partial charge in [0.2, 0.25) is 0 Å². The van der Waals surface area contributed by atoms with E-state index in [0.29, 0.717) is 30.0 Å². The number of morpholine rings is 1. The molecule has 1 aliphatic rings. The molecule has 31 heavy (non-hydrogen) atoms. The number of nitrogens with zero attached hydrogens (tertiary/aromatic N) is 5. The highest BCUT2D eigenvalue weighted by atomic mass is 79.9. The fourth-order valence-electron chi connectivity index (χ4n) is 3.67. The van der Waals surface area contributed by atoms with Crippen molar-refractivity contribution in [1.29, 1.82) is 0 Å². The second kappa shape index (κ2) is 8.27. The summed E-state index contributed by atoms with van der Waals surface area (Å²) in [6.07, 6.45) is 2.83. The lowest BCUT2D eigenvalue weighted by molar-refractivity contribution is -0.0160. The van der Waals surface area contributed by atoms with Gasteiger partial charge < -0.3 is 20.7 Å². The van der Waals surface area contributed by atoms with Crippen molar-refractivity contribution in [1.82, 2.24) is 25.0 Å². The third-order valence-corrected chi connectivity index (χ3v) is 5.70. The average molecular weight is 478 g/mol. The normalized spacial score (nSPS) is 17.2. The largest absolute Gasteiger partial charge is 0.785 e. The van der Waals surface area contributed by atoms with Gasteiger partial charge >= 0.3 is 0 Å². The molecule has 9 heteroatoms. The molecule has 1 aliphatic heterocycles. The Bertz CT molecular complexity index is 1250. The summed E-state index contributed by atoms with van der Waals surface area (Å²) in [6.45, 7) is 1.07. The minimum atomic E-state index is -0.324. The Kier molecular flexibility index (Phi) is 5.33. The van der Waals surface area contributed by atoms with Gasteiger partial charge in [-0.25, -0.2) is 15.0 Å². The van der Waals surface area contributed by atoms with Gasteiger partial charge in [-0.05, 0) is 41.5 Å². The van der Waals surface area contributed by atoms with Crippen molar-refractivity contribution in [2.24, 2.45) is 0 Å². The number of nitrogen functional groups attached to an aromatic ring is 1. The van der Waals surface area contributed by atoms with Gasteiger partial charge in [-0.3, -0.25) is 4.98 Å². The van der Waals surface area contributed by atoms with E-state index in [1.807, 2.05) is 42.5 Å². The number of hydrogen-bond donors (Lipinski definition) is 1. The average Bonchev–Trinajstić information content (AvgIpc) is 2.79. The Morgan fingerprint density at radius 2 is 2.00 bits per heavy atom. The van der Waals surface area contributed by atoms with Crippen LogP contribution in [0.5, 0.6) is 0 Å². The van der Waals surface area contributed by atoms with Crippen LogP contribution in [-0.4, -0.2) is 44.7 Å². The van der Waals surface area contributed by atoms with Crippen LogP contribution in [0, 0.1) is 5.21 Å². The van der Waals surface area contributed by atoms with Crippen LogP contribution in [0.25, 0.3) is 33.4 Å². The van der Waals surface area contributed by atoms with Crippen molar-refractivity contribution in [3.63, 3.8) is 0 Å². The van der Waals surface area contributed by atoms with E-state index in [0.717, 1.165) is 37.6 Å². The number of ether oxygens (including phenoxy) is 1. The molecule has 1 fully saturated rings. The van der Waals surface area contributed by atoms with E-state index < -0.39 is 0 Å². The van der Waals surface area contributed by atoms with Crippen LogP contribution in [0.2, 0.25) is 0 Å². The predicted molar refractivity (Wildman–Crippen MR) is 122 cm³/mol. The van der Waals surface area contributed by atoms with E-state index in [1.165, 1.54) is 6.33 Å². The lowest BCUT2D eigenvalue weighted by Gasteiger charge is -2.36. The van der Waals surface area contributed by atoms with Crippen LogP contribution >= 0.6 is 15.9 Å². The zero-order valence-electron chi connectivity index (χ0n) is 16.4. The number of hydrogen-bond acceptors (Lipinski definition) is 8. The molecular weight excluding hydrogens is 460 g/mol. The highest BCUT2D eigenvalue weighted by Gasteiger charge is 2.19. The molecule has 2 N–H and O–H groups in total. The summed E-state index contributed by atoms with van der Waals surface area (Å²) < 4.78 is 6.64. The lowest BCUT2D eigenvalue weighted by atomic mass is 10.00. The van der Waals surface area contributed by atoms with Crippen molar-refractivity contribution in [3.05, 3.63) is 70.4 Å². The second-order valence-electron chi connectivity index (χ2n) is 7.24. The van der Waals surface area contributed by atoms with Gasteiger partial charge in [-0.15, -0.1) is 0 Å².